The molecule has 138 valence electrons. The summed E-state index contributed by atoms with van der Waals surface area (Å²) in [7, 11) is -3.98. The maximum Gasteiger partial charge on any atom is 0.267 e. The Bertz CT molecular complexity index is 909. The molecule has 2 heterocycles. The van der Waals surface area contributed by atoms with Crippen LogP contribution >= 0.6 is 11.3 Å². The Kier molecular flexibility index (Phi) is 3.93. The predicted octanol–water partition coefficient (Wildman–Crippen LogP) is -0.679. The first kappa shape index (κ1) is 17.2. The van der Waals surface area contributed by atoms with Crippen LogP contribution < -0.4 is 10.5 Å². The standard InChI is InChI=1S/C14H15N5O5S2/c15-26(23,24)14-18-17-13(25-14)16-8(20)3-4-19-11(21)9-6-1-2-7(5-6)10(9)12(19)22/h1-2,6-7,9-10H,3-5H2,(H2,15,23,24)(H,16,17,20)/t6-,7+,9-,10+. The van der Waals surface area contributed by atoms with Crippen LogP contribution in [0.1, 0.15) is 12.8 Å². The van der Waals surface area contributed by atoms with Gasteiger partial charge in [0.25, 0.3) is 10.0 Å². The number of rotatable bonds is 5. The topological polar surface area (TPSA) is 152 Å². The minimum atomic E-state index is -3.98. The molecule has 4 rings (SSSR count). The molecule has 3 aliphatic rings. The van der Waals surface area contributed by atoms with Crippen LogP contribution in [-0.2, 0) is 24.4 Å². The lowest BCUT2D eigenvalue weighted by Gasteiger charge is -2.16. The molecule has 1 saturated heterocycles. The zero-order valence-electron chi connectivity index (χ0n) is 13.4. The maximum absolute atomic E-state index is 12.5. The van der Waals surface area contributed by atoms with Gasteiger partial charge in [-0.05, 0) is 18.3 Å². The molecule has 10 nitrogen and oxygen atoms in total. The van der Waals surface area contributed by atoms with Crippen LogP contribution in [0, 0.1) is 23.7 Å². The third kappa shape index (κ3) is 2.73. The minimum absolute atomic E-state index is 0.0165. The lowest BCUT2D eigenvalue weighted by atomic mass is 9.85. The molecule has 3 amide bonds. The van der Waals surface area contributed by atoms with E-state index >= 15 is 0 Å². The van der Waals surface area contributed by atoms with Gasteiger partial charge < -0.3 is 5.32 Å². The zero-order valence-corrected chi connectivity index (χ0v) is 15.0. The number of nitrogens with two attached hydrogens (primary N) is 1. The summed E-state index contributed by atoms with van der Waals surface area (Å²) in [6, 6.07) is 0. The summed E-state index contributed by atoms with van der Waals surface area (Å²) in [5.41, 5.74) is 0. The summed E-state index contributed by atoms with van der Waals surface area (Å²) in [6.07, 6.45) is 4.76. The van der Waals surface area contributed by atoms with E-state index < -0.39 is 20.3 Å². The normalized spacial score (nSPS) is 29.5. The van der Waals surface area contributed by atoms with E-state index in [4.69, 9.17) is 5.14 Å². The number of carbonyl (C=O) groups is 3. The van der Waals surface area contributed by atoms with E-state index in [1.807, 2.05) is 12.2 Å². The molecule has 0 unspecified atom stereocenters. The number of likely N-dealkylation sites (tertiary alicyclic amines) is 1. The molecule has 2 aliphatic carbocycles. The molecule has 0 aromatic carbocycles. The number of hydrogen-bond donors (Lipinski definition) is 2. The number of anilines is 1. The highest BCUT2D eigenvalue weighted by Gasteiger charge is 2.59. The summed E-state index contributed by atoms with van der Waals surface area (Å²) in [5.74, 6) is -1.26. The van der Waals surface area contributed by atoms with E-state index in [0.717, 1.165) is 11.3 Å². The number of amides is 3. The largest absolute Gasteiger partial charge is 0.300 e. The fourth-order valence-electron chi connectivity index (χ4n) is 3.95. The van der Waals surface area contributed by atoms with E-state index in [9.17, 15) is 22.8 Å². The van der Waals surface area contributed by atoms with Crippen LogP contribution in [0.2, 0.25) is 0 Å². The molecule has 1 aromatic rings. The van der Waals surface area contributed by atoms with E-state index in [2.05, 4.69) is 15.5 Å². The second kappa shape index (κ2) is 5.93. The van der Waals surface area contributed by atoms with Crippen molar-refractivity contribution in [3.05, 3.63) is 12.2 Å². The summed E-state index contributed by atoms with van der Waals surface area (Å²) in [5, 5.41) is 14.2. The Morgan fingerprint density at radius 3 is 2.38 bits per heavy atom. The van der Waals surface area contributed by atoms with Gasteiger partial charge in [-0.3, -0.25) is 19.3 Å². The van der Waals surface area contributed by atoms with E-state index in [1.165, 1.54) is 0 Å². The fraction of sp³-hybridized carbons (Fsp3) is 0.500. The number of carbonyl (C=O) groups excluding carboxylic acids is 3. The van der Waals surface area contributed by atoms with Gasteiger partial charge in [-0.15, -0.1) is 10.2 Å². The molecule has 1 aromatic heterocycles. The Labute approximate surface area is 152 Å². The molecular formula is C14H15N5O5S2. The first-order valence-electron chi connectivity index (χ1n) is 7.95. The number of primary sulfonamides is 1. The summed E-state index contributed by atoms with van der Waals surface area (Å²) in [6.45, 7) is -0.0171. The SMILES string of the molecule is NS(=O)(=O)c1nnc(NC(=O)CCN2C(=O)[C@@H]3[C@H](C2=O)[C@@H]2C=C[C@H]3C2)s1. The second-order valence-electron chi connectivity index (χ2n) is 6.54. The highest BCUT2D eigenvalue weighted by Crippen LogP contribution is 2.52. The molecule has 4 atom stereocenters. The van der Waals surface area contributed by atoms with Crippen molar-refractivity contribution in [1.29, 1.82) is 0 Å². The quantitative estimate of drug-likeness (QED) is 0.379. The molecule has 3 N–H and O–H groups in total. The molecular weight excluding hydrogens is 382 g/mol. The molecule has 1 aliphatic heterocycles. The number of nitrogens with one attached hydrogen (secondary N) is 1. The van der Waals surface area contributed by atoms with Crippen molar-refractivity contribution in [2.24, 2.45) is 28.8 Å². The van der Waals surface area contributed by atoms with Gasteiger partial charge in [0, 0.05) is 13.0 Å². The number of hydrogen-bond acceptors (Lipinski definition) is 8. The Balaban J connectivity index is 1.36. The third-order valence-corrected chi connectivity index (χ3v) is 7.17. The second-order valence-corrected chi connectivity index (χ2v) is 9.26. The smallest absolute Gasteiger partial charge is 0.267 e. The third-order valence-electron chi connectivity index (χ3n) is 5.02. The van der Waals surface area contributed by atoms with E-state index in [1.54, 1.807) is 0 Å². The average Bonchev–Trinajstić information content (AvgIpc) is 3.30. The average molecular weight is 397 g/mol. The van der Waals surface area contributed by atoms with Crippen LogP contribution in [0.25, 0.3) is 0 Å². The molecule has 12 heteroatoms. The number of allylic oxidation sites excluding steroid dienone is 2. The van der Waals surface area contributed by atoms with Crippen LogP contribution in [0.5, 0.6) is 0 Å². The van der Waals surface area contributed by atoms with Crippen molar-refractivity contribution in [2.45, 2.75) is 17.2 Å². The van der Waals surface area contributed by atoms with Gasteiger partial charge >= 0.3 is 0 Å². The lowest BCUT2D eigenvalue weighted by Crippen LogP contribution is -2.35. The van der Waals surface area contributed by atoms with Gasteiger partial charge in [-0.1, -0.05) is 23.5 Å². The van der Waals surface area contributed by atoms with Crippen molar-refractivity contribution >= 4 is 44.2 Å². The van der Waals surface area contributed by atoms with Crippen molar-refractivity contribution < 1.29 is 22.8 Å². The molecule has 2 fully saturated rings. The Morgan fingerprint density at radius 2 is 1.85 bits per heavy atom. The lowest BCUT2D eigenvalue weighted by molar-refractivity contribution is -0.140. The highest BCUT2D eigenvalue weighted by molar-refractivity contribution is 7.91. The molecule has 0 radical (unpaired) electrons. The first-order valence-corrected chi connectivity index (χ1v) is 10.3. The maximum atomic E-state index is 12.5. The van der Waals surface area contributed by atoms with Crippen LogP contribution in [0.4, 0.5) is 5.13 Å². The molecule has 26 heavy (non-hydrogen) atoms. The van der Waals surface area contributed by atoms with Crippen LogP contribution in [0.3, 0.4) is 0 Å². The van der Waals surface area contributed by atoms with Gasteiger partial charge in [0.2, 0.25) is 27.2 Å². The van der Waals surface area contributed by atoms with Crippen molar-refractivity contribution in [3.63, 3.8) is 0 Å². The van der Waals surface area contributed by atoms with E-state index in [-0.39, 0.29) is 53.6 Å². The minimum Gasteiger partial charge on any atom is -0.300 e. The van der Waals surface area contributed by atoms with Crippen molar-refractivity contribution in [2.75, 3.05) is 11.9 Å². The number of nitrogens with zero attached hydrogens (tertiary/aromatic N) is 3. The summed E-state index contributed by atoms with van der Waals surface area (Å²) in [4.78, 5) is 38.2. The summed E-state index contributed by atoms with van der Waals surface area (Å²) < 4.78 is 21.9. The molecule has 0 spiro atoms. The number of imide groups is 1. The monoisotopic (exact) mass is 397 g/mol. The van der Waals surface area contributed by atoms with Gasteiger partial charge in [0.1, 0.15) is 0 Å². The zero-order chi connectivity index (χ0) is 18.6. The van der Waals surface area contributed by atoms with E-state index in [0.29, 0.717) is 11.3 Å². The summed E-state index contributed by atoms with van der Waals surface area (Å²) >= 11 is 0.627. The van der Waals surface area contributed by atoms with Crippen molar-refractivity contribution in [1.82, 2.24) is 15.1 Å². The molecule has 1 saturated carbocycles. The van der Waals surface area contributed by atoms with Crippen LogP contribution in [-0.4, -0.2) is 47.8 Å². The highest BCUT2D eigenvalue weighted by atomic mass is 32.2. The number of aromatic nitrogens is 2. The number of sulfonamides is 1. The van der Waals surface area contributed by atoms with Crippen molar-refractivity contribution in [3.8, 4) is 0 Å². The molecule has 2 bridgehead atoms. The van der Waals surface area contributed by atoms with Gasteiger partial charge in [0.05, 0.1) is 11.8 Å². The Hall–Kier alpha value is -2.18. The van der Waals surface area contributed by atoms with Gasteiger partial charge in [-0.2, -0.15) is 0 Å². The van der Waals surface area contributed by atoms with Crippen LogP contribution in [0.15, 0.2) is 16.5 Å². The Morgan fingerprint density at radius 1 is 1.23 bits per heavy atom. The first-order chi connectivity index (χ1) is 12.3. The van der Waals surface area contributed by atoms with Gasteiger partial charge in [0.15, 0.2) is 0 Å². The predicted molar refractivity (Wildman–Crippen MR) is 89.0 cm³/mol. The fourth-order valence-corrected chi connectivity index (χ4v) is 5.30. The number of fused-ring (bicyclic) bond motifs is 5. The van der Waals surface area contributed by atoms with Gasteiger partial charge in [-0.25, -0.2) is 13.6 Å².